The van der Waals surface area contributed by atoms with Gasteiger partial charge in [-0.1, -0.05) is 32.0 Å². The number of amides is 3. The van der Waals surface area contributed by atoms with Crippen molar-refractivity contribution in [3.63, 3.8) is 0 Å². The number of benzene rings is 2. The second kappa shape index (κ2) is 11.6. The molecular formula is C30H36N4O5. The predicted molar refractivity (Wildman–Crippen MR) is 147 cm³/mol. The highest BCUT2D eigenvalue weighted by molar-refractivity contribution is 6.03. The Hall–Kier alpha value is -3.72. The van der Waals surface area contributed by atoms with Crippen LogP contribution in [0.5, 0.6) is 0 Å². The summed E-state index contributed by atoms with van der Waals surface area (Å²) in [6.45, 7) is 7.33. The molecule has 2 aromatic carbocycles. The fourth-order valence-electron chi connectivity index (χ4n) is 5.87. The summed E-state index contributed by atoms with van der Waals surface area (Å²) >= 11 is 0. The maximum absolute atomic E-state index is 13.8. The summed E-state index contributed by atoms with van der Waals surface area (Å²) in [5.41, 5.74) is 2.03. The van der Waals surface area contributed by atoms with Gasteiger partial charge in [-0.2, -0.15) is 0 Å². The van der Waals surface area contributed by atoms with Gasteiger partial charge in [0.05, 0.1) is 25.8 Å². The van der Waals surface area contributed by atoms with E-state index in [4.69, 9.17) is 4.74 Å². The van der Waals surface area contributed by atoms with E-state index in [1.54, 1.807) is 46.2 Å². The second-order valence-corrected chi connectivity index (χ2v) is 10.9. The molecule has 5 rings (SSSR count). The van der Waals surface area contributed by atoms with Crippen molar-refractivity contribution < 1.29 is 23.9 Å². The Morgan fingerprint density at radius 1 is 0.923 bits per heavy atom. The number of nitrogens with one attached hydrogen (secondary N) is 1. The third-order valence-corrected chi connectivity index (χ3v) is 7.80. The van der Waals surface area contributed by atoms with Crippen LogP contribution in [-0.4, -0.2) is 90.8 Å². The molecule has 0 spiro atoms. The highest BCUT2D eigenvalue weighted by Gasteiger charge is 2.52. The number of likely N-dealkylation sites (tertiary alicyclic amines) is 2. The van der Waals surface area contributed by atoms with Crippen LogP contribution in [0, 0.1) is 5.92 Å². The van der Waals surface area contributed by atoms with E-state index in [1.165, 1.54) is 0 Å². The normalized spacial score (nSPS) is 21.7. The first kappa shape index (κ1) is 26.9. The first-order chi connectivity index (χ1) is 18.8. The molecule has 3 atom stereocenters. The van der Waals surface area contributed by atoms with E-state index in [0.29, 0.717) is 43.7 Å². The van der Waals surface area contributed by atoms with E-state index < -0.39 is 12.1 Å². The number of carbonyl (C=O) groups excluding carboxylic acids is 4. The molecule has 0 saturated carbocycles. The zero-order valence-electron chi connectivity index (χ0n) is 22.5. The minimum Gasteiger partial charge on any atom is -0.378 e. The lowest BCUT2D eigenvalue weighted by Crippen LogP contribution is -2.53. The van der Waals surface area contributed by atoms with E-state index in [2.05, 4.69) is 10.2 Å². The molecule has 9 nitrogen and oxygen atoms in total. The number of fused-ring (bicyclic) bond motifs is 1. The number of anilines is 1. The minimum absolute atomic E-state index is 0.0104. The van der Waals surface area contributed by atoms with Gasteiger partial charge in [0.15, 0.2) is 5.78 Å². The summed E-state index contributed by atoms with van der Waals surface area (Å²) in [5, 5.41) is 2.94. The quantitative estimate of drug-likeness (QED) is 0.588. The van der Waals surface area contributed by atoms with E-state index in [0.717, 1.165) is 18.8 Å². The molecule has 3 fully saturated rings. The van der Waals surface area contributed by atoms with Crippen molar-refractivity contribution in [3.8, 4) is 0 Å². The van der Waals surface area contributed by atoms with Crippen LogP contribution >= 0.6 is 0 Å². The van der Waals surface area contributed by atoms with Crippen molar-refractivity contribution in [1.29, 1.82) is 0 Å². The number of ether oxygens (including phenoxy) is 1. The van der Waals surface area contributed by atoms with Gasteiger partial charge in [-0.15, -0.1) is 0 Å². The Kier molecular flexibility index (Phi) is 7.97. The Bertz CT molecular complexity index is 1210. The highest BCUT2D eigenvalue weighted by atomic mass is 16.5. The maximum Gasteiger partial charge on any atom is 0.254 e. The fourth-order valence-corrected chi connectivity index (χ4v) is 5.87. The molecule has 1 unspecified atom stereocenters. The molecule has 206 valence electrons. The average molecular weight is 533 g/mol. The molecule has 3 amide bonds. The Labute approximate surface area is 229 Å². The topological polar surface area (TPSA) is 99.3 Å². The van der Waals surface area contributed by atoms with Gasteiger partial charge < -0.3 is 24.8 Å². The third kappa shape index (κ3) is 5.68. The van der Waals surface area contributed by atoms with Gasteiger partial charge >= 0.3 is 0 Å². The summed E-state index contributed by atoms with van der Waals surface area (Å²) in [4.78, 5) is 58.6. The van der Waals surface area contributed by atoms with Gasteiger partial charge in [-0.25, -0.2) is 0 Å². The van der Waals surface area contributed by atoms with E-state index in [-0.39, 0.29) is 42.0 Å². The minimum atomic E-state index is -0.762. The molecule has 0 bridgehead atoms. The van der Waals surface area contributed by atoms with Crippen molar-refractivity contribution in [2.45, 2.75) is 44.8 Å². The molecule has 0 radical (unpaired) electrons. The van der Waals surface area contributed by atoms with Crippen LogP contribution in [0.2, 0.25) is 0 Å². The number of nitrogens with zero attached hydrogens (tertiary/aromatic N) is 3. The zero-order chi connectivity index (χ0) is 27.5. The van der Waals surface area contributed by atoms with Gasteiger partial charge in [0.2, 0.25) is 5.91 Å². The van der Waals surface area contributed by atoms with Crippen molar-refractivity contribution in [3.05, 3.63) is 65.7 Å². The van der Waals surface area contributed by atoms with Crippen molar-refractivity contribution in [1.82, 2.24) is 15.1 Å². The van der Waals surface area contributed by atoms with Gasteiger partial charge in [0.25, 0.3) is 11.8 Å². The molecule has 2 aromatic rings. The predicted octanol–water partition coefficient (Wildman–Crippen LogP) is 2.36. The molecule has 0 aliphatic carbocycles. The standard InChI is InChI=1S/C30H36N4O5/c1-20(2)18-24(31-28(36)21-8-10-23(11-9-21)32-14-16-39-17-15-32)30(38)33-13-12-25-27(33)26(35)19-34(25)29(37)22-6-4-3-5-7-22/h3-11,20,24-25,27H,12-19H2,1-2H3,(H,31,36)/t24-,25?,27-/m0/s1. The van der Waals surface area contributed by atoms with Crippen LogP contribution in [0.15, 0.2) is 54.6 Å². The fraction of sp³-hybridized carbons (Fsp3) is 0.467. The van der Waals surface area contributed by atoms with Crippen LogP contribution in [0.4, 0.5) is 5.69 Å². The first-order valence-corrected chi connectivity index (χ1v) is 13.8. The Balaban J connectivity index is 1.28. The van der Waals surface area contributed by atoms with Crippen molar-refractivity contribution in [2.75, 3.05) is 44.3 Å². The van der Waals surface area contributed by atoms with Crippen LogP contribution in [0.25, 0.3) is 0 Å². The number of hydrogen-bond acceptors (Lipinski definition) is 6. The summed E-state index contributed by atoms with van der Waals surface area (Å²) in [7, 11) is 0. The second-order valence-electron chi connectivity index (χ2n) is 10.9. The lowest BCUT2D eigenvalue weighted by atomic mass is 10.0. The molecule has 0 aromatic heterocycles. The number of ketones is 1. The first-order valence-electron chi connectivity index (χ1n) is 13.8. The molecule has 9 heteroatoms. The summed E-state index contributed by atoms with van der Waals surface area (Å²) in [6.07, 6.45) is 0.983. The number of morpholine rings is 1. The molecule has 3 heterocycles. The average Bonchev–Trinajstić information content (AvgIpc) is 3.54. The lowest BCUT2D eigenvalue weighted by molar-refractivity contribution is -0.138. The number of carbonyl (C=O) groups is 4. The Morgan fingerprint density at radius 2 is 1.62 bits per heavy atom. The highest BCUT2D eigenvalue weighted by Crippen LogP contribution is 2.32. The zero-order valence-corrected chi connectivity index (χ0v) is 22.5. The van der Waals surface area contributed by atoms with Gasteiger partial charge in [0, 0.05) is 36.4 Å². The van der Waals surface area contributed by atoms with Crippen molar-refractivity contribution in [2.24, 2.45) is 5.92 Å². The lowest BCUT2D eigenvalue weighted by Gasteiger charge is -2.29. The largest absolute Gasteiger partial charge is 0.378 e. The number of Topliss-reactive ketones (excluding diaryl/α,β-unsaturated/α-hetero) is 1. The molecule has 3 aliphatic heterocycles. The summed E-state index contributed by atoms with van der Waals surface area (Å²) < 4.78 is 5.41. The molecule has 3 aliphatic rings. The van der Waals surface area contributed by atoms with E-state index in [1.807, 2.05) is 32.0 Å². The van der Waals surface area contributed by atoms with E-state index in [9.17, 15) is 19.2 Å². The SMILES string of the molecule is CC(C)C[C@H](NC(=O)c1ccc(N2CCOCC2)cc1)C(=O)N1CCC2[C@H]1C(=O)CN2C(=O)c1ccccc1. The Morgan fingerprint density at radius 3 is 2.28 bits per heavy atom. The van der Waals surface area contributed by atoms with Crippen LogP contribution in [0.1, 0.15) is 47.4 Å². The van der Waals surface area contributed by atoms with Gasteiger partial charge in [0.1, 0.15) is 12.1 Å². The molecular weight excluding hydrogens is 496 g/mol. The maximum atomic E-state index is 13.8. The smallest absolute Gasteiger partial charge is 0.254 e. The summed E-state index contributed by atoms with van der Waals surface area (Å²) in [5.74, 6) is -0.771. The van der Waals surface area contributed by atoms with Crippen molar-refractivity contribution >= 4 is 29.2 Å². The monoisotopic (exact) mass is 532 g/mol. The number of rotatable bonds is 7. The number of hydrogen-bond donors (Lipinski definition) is 1. The third-order valence-electron chi connectivity index (χ3n) is 7.80. The van der Waals surface area contributed by atoms with Crippen LogP contribution in [0.3, 0.4) is 0 Å². The molecule has 39 heavy (non-hydrogen) atoms. The van der Waals surface area contributed by atoms with E-state index >= 15 is 0 Å². The summed E-state index contributed by atoms with van der Waals surface area (Å²) in [6, 6.07) is 14.5. The van der Waals surface area contributed by atoms with Crippen LogP contribution < -0.4 is 10.2 Å². The van der Waals surface area contributed by atoms with Gasteiger partial charge in [-0.3, -0.25) is 19.2 Å². The molecule has 3 saturated heterocycles. The van der Waals surface area contributed by atoms with Crippen LogP contribution in [-0.2, 0) is 14.3 Å². The molecule has 1 N–H and O–H groups in total. The van der Waals surface area contributed by atoms with Gasteiger partial charge in [-0.05, 0) is 55.2 Å².